The lowest BCUT2D eigenvalue weighted by Gasteiger charge is -2.37. The molecule has 1 aliphatic heterocycles. The molecule has 0 aromatic heterocycles. The maximum atomic E-state index is 12.1. The van der Waals surface area contributed by atoms with Crippen LogP contribution in [0.4, 0.5) is 5.69 Å². The fourth-order valence-electron chi connectivity index (χ4n) is 2.81. The molecule has 0 spiro atoms. The molecule has 0 unspecified atom stereocenters. The molecule has 22 heavy (non-hydrogen) atoms. The molecule has 2 fully saturated rings. The van der Waals surface area contributed by atoms with Gasteiger partial charge in [0.1, 0.15) is 4.90 Å². The van der Waals surface area contributed by atoms with Crippen molar-refractivity contribution in [3.05, 3.63) is 24.3 Å². The highest BCUT2D eigenvalue weighted by atomic mass is 32.2. The van der Waals surface area contributed by atoms with E-state index in [9.17, 15) is 13.2 Å². The van der Waals surface area contributed by atoms with Gasteiger partial charge in [-0.1, -0.05) is 12.1 Å². The SMILES string of the molecule is CNS(=O)(=O)c1ccccc1N1CCN(C(=O)C2CC2)CC1. The Morgan fingerprint density at radius 2 is 1.77 bits per heavy atom. The minimum Gasteiger partial charge on any atom is -0.367 e. The van der Waals surface area contributed by atoms with Crippen LogP contribution in [0.2, 0.25) is 0 Å². The van der Waals surface area contributed by atoms with E-state index in [0.717, 1.165) is 12.8 Å². The first-order valence-corrected chi connectivity index (χ1v) is 9.07. The number of rotatable bonds is 4. The lowest BCUT2D eigenvalue weighted by atomic mass is 10.2. The standard InChI is InChI=1S/C15H21N3O3S/c1-16-22(20,21)14-5-3-2-4-13(14)17-8-10-18(11-9-17)15(19)12-6-7-12/h2-5,12,16H,6-11H2,1H3. The Hall–Kier alpha value is -1.60. The number of nitrogens with zero attached hydrogens (tertiary/aromatic N) is 2. The maximum absolute atomic E-state index is 12.1. The lowest BCUT2D eigenvalue weighted by Crippen LogP contribution is -2.49. The summed E-state index contributed by atoms with van der Waals surface area (Å²) in [5.74, 6) is 0.499. The van der Waals surface area contributed by atoms with Crippen LogP contribution in [0, 0.1) is 5.92 Å². The highest BCUT2D eigenvalue weighted by molar-refractivity contribution is 7.89. The van der Waals surface area contributed by atoms with E-state index in [1.54, 1.807) is 12.1 Å². The number of carbonyl (C=O) groups is 1. The molecule has 3 rings (SSSR count). The number of hydrogen-bond donors (Lipinski definition) is 1. The van der Waals surface area contributed by atoms with E-state index in [-0.39, 0.29) is 11.8 Å². The summed E-state index contributed by atoms with van der Waals surface area (Å²) >= 11 is 0. The summed E-state index contributed by atoms with van der Waals surface area (Å²) in [6.07, 6.45) is 2.03. The molecule has 1 amide bonds. The number of benzene rings is 1. The summed E-state index contributed by atoms with van der Waals surface area (Å²) in [6, 6.07) is 7.00. The Balaban J connectivity index is 1.75. The lowest BCUT2D eigenvalue weighted by molar-refractivity contribution is -0.132. The van der Waals surface area contributed by atoms with Crippen LogP contribution in [0.15, 0.2) is 29.2 Å². The van der Waals surface area contributed by atoms with Crippen molar-refractivity contribution < 1.29 is 13.2 Å². The smallest absolute Gasteiger partial charge is 0.242 e. The van der Waals surface area contributed by atoms with E-state index in [4.69, 9.17) is 0 Å². The first kappa shape index (κ1) is 15.3. The third kappa shape index (κ3) is 2.96. The van der Waals surface area contributed by atoms with Crippen LogP contribution in [-0.2, 0) is 14.8 Å². The van der Waals surface area contributed by atoms with Gasteiger partial charge in [-0.05, 0) is 32.0 Å². The van der Waals surface area contributed by atoms with Gasteiger partial charge in [0.25, 0.3) is 0 Å². The summed E-state index contributed by atoms with van der Waals surface area (Å²) in [5, 5.41) is 0. The number of sulfonamides is 1. The van der Waals surface area contributed by atoms with Gasteiger partial charge in [-0.3, -0.25) is 4.79 Å². The molecule has 1 aromatic rings. The molecule has 7 heteroatoms. The normalized spacial score (nSPS) is 19.3. The van der Waals surface area contributed by atoms with Crippen molar-refractivity contribution in [2.75, 3.05) is 38.1 Å². The largest absolute Gasteiger partial charge is 0.367 e. The topological polar surface area (TPSA) is 69.7 Å². The summed E-state index contributed by atoms with van der Waals surface area (Å²) in [4.78, 5) is 16.3. The third-order valence-electron chi connectivity index (χ3n) is 4.28. The van der Waals surface area contributed by atoms with Gasteiger partial charge < -0.3 is 9.80 Å². The Morgan fingerprint density at radius 3 is 2.36 bits per heavy atom. The maximum Gasteiger partial charge on any atom is 0.242 e. The molecular weight excluding hydrogens is 302 g/mol. The van der Waals surface area contributed by atoms with Crippen molar-refractivity contribution >= 4 is 21.6 Å². The van der Waals surface area contributed by atoms with Crippen LogP contribution in [0.1, 0.15) is 12.8 Å². The molecule has 1 N–H and O–H groups in total. The average molecular weight is 323 g/mol. The fourth-order valence-corrected chi connectivity index (χ4v) is 3.76. The molecule has 1 aromatic carbocycles. The van der Waals surface area contributed by atoms with E-state index in [0.29, 0.717) is 36.8 Å². The van der Waals surface area contributed by atoms with Crippen LogP contribution < -0.4 is 9.62 Å². The summed E-state index contributed by atoms with van der Waals surface area (Å²) < 4.78 is 26.6. The van der Waals surface area contributed by atoms with Gasteiger partial charge in [0, 0.05) is 32.1 Å². The predicted octanol–water partition coefficient (Wildman–Crippen LogP) is 0.653. The average Bonchev–Trinajstić information content (AvgIpc) is 3.39. The minimum absolute atomic E-state index is 0.239. The molecule has 120 valence electrons. The highest BCUT2D eigenvalue weighted by Gasteiger charge is 2.35. The predicted molar refractivity (Wildman–Crippen MR) is 84.2 cm³/mol. The number of amides is 1. The number of para-hydroxylation sites is 1. The number of nitrogens with one attached hydrogen (secondary N) is 1. The zero-order valence-electron chi connectivity index (χ0n) is 12.7. The molecule has 1 saturated carbocycles. The second-order valence-electron chi connectivity index (χ2n) is 5.76. The van der Waals surface area contributed by atoms with Crippen LogP contribution in [0.3, 0.4) is 0 Å². The van der Waals surface area contributed by atoms with E-state index in [1.807, 2.05) is 21.9 Å². The van der Waals surface area contributed by atoms with Gasteiger partial charge >= 0.3 is 0 Å². The van der Waals surface area contributed by atoms with Crippen LogP contribution in [0.25, 0.3) is 0 Å². The highest BCUT2D eigenvalue weighted by Crippen LogP contribution is 2.32. The monoisotopic (exact) mass is 323 g/mol. The first-order valence-electron chi connectivity index (χ1n) is 7.59. The fraction of sp³-hybridized carbons (Fsp3) is 0.533. The summed E-state index contributed by atoms with van der Waals surface area (Å²) in [6.45, 7) is 2.63. The van der Waals surface area contributed by atoms with E-state index in [1.165, 1.54) is 7.05 Å². The zero-order chi connectivity index (χ0) is 15.7. The molecule has 1 aliphatic carbocycles. The second kappa shape index (κ2) is 5.89. The Bertz CT molecular complexity index is 662. The van der Waals surface area contributed by atoms with E-state index >= 15 is 0 Å². The van der Waals surface area contributed by atoms with Crippen LogP contribution in [0.5, 0.6) is 0 Å². The van der Waals surface area contributed by atoms with Gasteiger partial charge in [0.05, 0.1) is 5.69 Å². The molecule has 2 aliphatic rings. The first-order chi connectivity index (χ1) is 10.5. The van der Waals surface area contributed by atoms with Crippen molar-refractivity contribution in [1.82, 2.24) is 9.62 Å². The van der Waals surface area contributed by atoms with Gasteiger partial charge in [-0.15, -0.1) is 0 Å². The minimum atomic E-state index is -3.48. The zero-order valence-corrected chi connectivity index (χ0v) is 13.5. The van der Waals surface area contributed by atoms with Crippen LogP contribution in [-0.4, -0.2) is 52.5 Å². The van der Waals surface area contributed by atoms with Gasteiger partial charge in [-0.25, -0.2) is 13.1 Å². The quantitative estimate of drug-likeness (QED) is 0.883. The Morgan fingerprint density at radius 1 is 1.14 bits per heavy atom. The van der Waals surface area contributed by atoms with Gasteiger partial charge in [-0.2, -0.15) is 0 Å². The molecule has 0 atom stereocenters. The molecule has 1 heterocycles. The van der Waals surface area contributed by atoms with Crippen molar-refractivity contribution in [3.63, 3.8) is 0 Å². The second-order valence-corrected chi connectivity index (χ2v) is 7.62. The Kier molecular flexibility index (Phi) is 4.10. The number of carbonyl (C=O) groups excluding carboxylic acids is 1. The molecule has 0 radical (unpaired) electrons. The van der Waals surface area contributed by atoms with Gasteiger partial charge in [0.15, 0.2) is 0 Å². The number of piperazine rings is 1. The summed E-state index contributed by atoms with van der Waals surface area (Å²) in [5.41, 5.74) is 0.704. The van der Waals surface area contributed by atoms with Crippen molar-refractivity contribution in [1.29, 1.82) is 0 Å². The van der Waals surface area contributed by atoms with Gasteiger partial charge in [0.2, 0.25) is 15.9 Å². The molecule has 0 bridgehead atoms. The molecule has 1 saturated heterocycles. The molecule has 6 nitrogen and oxygen atoms in total. The van der Waals surface area contributed by atoms with Crippen molar-refractivity contribution in [3.8, 4) is 0 Å². The van der Waals surface area contributed by atoms with E-state index < -0.39 is 10.0 Å². The van der Waals surface area contributed by atoms with E-state index in [2.05, 4.69) is 4.72 Å². The molecular formula is C15H21N3O3S. The van der Waals surface area contributed by atoms with Crippen LogP contribution >= 0.6 is 0 Å². The third-order valence-corrected chi connectivity index (χ3v) is 5.74. The number of hydrogen-bond acceptors (Lipinski definition) is 4. The van der Waals surface area contributed by atoms with Crippen molar-refractivity contribution in [2.45, 2.75) is 17.7 Å². The Labute approximate surface area is 131 Å². The number of anilines is 1. The van der Waals surface area contributed by atoms with Crippen molar-refractivity contribution in [2.24, 2.45) is 5.92 Å². The summed E-state index contributed by atoms with van der Waals surface area (Å²) in [7, 11) is -2.07.